The lowest BCUT2D eigenvalue weighted by molar-refractivity contribution is 0.560. The fourth-order valence-electron chi connectivity index (χ4n) is 3.98. The molecule has 6 rings (SSSR count). The molecule has 5 nitrogen and oxygen atoms in total. The molecule has 0 aliphatic heterocycles. The van der Waals surface area contributed by atoms with Crippen LogP contribution < -0.4 is 10.0 Å². The molecule has 0 unspecified atom stereocenters. The van der Waals surface area contributed by atoms with Gasteiger partial charge in [0.2, 0.25) is 0 Å². The molecule has 5 aromatic carbocycles. The molecule has 0 saturated carbocycles. The quantitative estimate of drug-likeness (QED) is 0.144. The Morgan fingerprint density at radius 3 is 1.12 bits per heavy atom. The number of hydrazone groups is 2. The van der Waals surface area contributed by atoms with Gasteiger partial charge in [-0.2, -0.15) is 10.2 Å². The van der Waals surface area contributed by atoms with Gasteiger partial charge in [0, 0.05) is 0 Å². The van der Waals surface area contributed by atoms with Crippen LogP contribution in [-0.2, 0) is 0 Å². The topological polar surface area (TPSA) is 44.3 Å². The highest BCUT2D eigenvalue weighted by molar-refractivity contribution is 5.81. The van der Waals surface area contributed by atoms with E-state index in [-0.39, 0.29) is 0 Å². The first-order chi connectivity index (χ1) is 20.4. The molecule has 0 bridgehead atoms. The molecule has 1 heterocycles. The highest BCUT2D eigenvalue weighted by atomic mass is 16.3. The van der Waals surface area contributed by atoms with Crippen molar-refractivity contribution < 1.29 is 4.42 Å². The minimum Gasteiger partial charge on any atom is -0.463 e. The van der Waals surface area contributed by atoms with Gasteiger partial charge in [-0.1, -0.05) is 103 Å². The van der Waals surface area contributed by atoms with Crippen molar-refractivity contribution in [2.75, 3.05) is 10.0 Å². The maximum absolute atomic E-state index is 5.28. The Morgan fingerprint density at radius 2 is 0.756 bits per heavy atom. The third-order valence-electron chi connectivity index (χ3n) is 5.97. The highest BCUT2D eigenvalue weighted by Gasteiger charge is 2.07. The number of hydrogen-bond acceptors (Lipinski definition) is 5. The summed E-state index contributed by atoms with van der Waals surface area (Å²) in [6, 6.07) is 54.1. The zero-order valence-corrected chi connectivity index (χ0v) is 22.5. The lowest BCUT2D eigenvalue weighted by Gasteiger charge is -2.19. The van der Waals surface area contributed by atoms with Crippen molar-refractivity contribution in [1.82, 2.24) is 0 Å². The number of hydrogen-bond donors (Lipinski definition) is 0. The smallest absolute Gasteiger partial charge is 0.146 e. The van der Waals surface area contributed by atoms with E-state index >= 15 is 0 Å². The van der Waals surface area contributed by atoms with Gasteiger partial charge in [0.15, 0.2) is 0 Å². The standard InChI is InChI=1S/C19H16N2.C17H14N2O/c1-4-10-17(11-5-1)16-20-21(18-12-6-2-7-13-18)19-14-8-3-9-15-19;1-3-8-15(9-4-1)19(16-10-5-2-6-11-16)18-14-17-12-7-13-20-17/h1-16H;1-14H. The van der Waals surface area contributed by atoms with Crippen molar-refractivity contribution in [2.45, 2.75) is 0 Å². The summed E-state index contributed by atoms with van der Waals surface area (Å²) in [6.45, 7) is 0. The van der Waals surface area contributed by atoms with Gasteiger partial charge in [-0.3, -0.25) is 0 Å². The molecule has 0 N–H and O–H groups in total. The summed E-state index contributed by atoms with van der Waals surface area (Å²) in [7, 11) is 0. The van der Waals surface area contributed by atoms with Gasteiger partial charge in [-0.25, -0.2) is 10.0 Å². The van der Waals surface area contributed by atoms with Crippen LogP contribution in [0.5, 0.6) is 0 Å². The average molecular weight is 535 g/mol. The molecule has 200 valence electrons. The number of anilines is 4. The largest absolute Gasteiger partial charge is 0.463 e. The van der Waals surface area contributed by atoms with Crippen LogP contribution in [-0.4, -0.2) is 12.4 Å². The maximum Gasteiger partial charge on any atom is 0.146 e. The molecule has 1 aromatic heterocycles. The molecule has 0 aliphatic rings. The lowest BCUT2D eigenvalue weighted by atomic mass is 10.2. The lowest BCUT2D eigenvalue weighted by Crippen LogP contribution is -2.09. The molecule has 0 radical (unpaired) electrons. The summed E-state index contributed by atoms with van der Waals surface area (Å²) < 4.78 is 5.28. The number of para-hydroxylation sites is 4. The molecule has 0 amide bonds. The first-order valence-corrected chi connectivity index (χ1v) is 13.3. The Morgan fingerprint density at radius 1 is 0.390 bits per heavy atom. The van der Waals surface area contributed by atoms with E-state index in [0.717, 1.165) is 34.1 Å². The fourth-order valence-corrected chi connectivity index (χ4v) is 3.98. The van der Waals surface area contributed by atoms with Gasteiger partial charge in [0.1, 0.15) is 5.76 Å². The van der Waals surface area contributed by atoms with Crippen LogP contribution in [0.15, 0.2) is 185 Å². The van der Waals surface area contributed by atoms with E-state index < -0.39 is 0 Å². The van der Waals surface area contributed by atoms with Crippen molar-refractivity contribution in [3.63, 3.8) is 0 Å². The number of rotatable bonds is 8. The summed E-state index contributed by atoms with van der Waals surface area (Å²) in [5, 5.41) is 13.0. The van der Waals surface area contributed by atoms with Crippen LogP contribution >= 0.6 is 0 Å². The monoisotopic (exact) mass is 534 g/mol. The zero-order valence-electron chi connectivity index (χ0n) is 22.5. The third kappa shape index (κ3) is 7.91. The summed E-state index contributed by atoms with van der Waals surface area (Å²) >= 11 is 0. The van der Waals surface area contributed by atoms with Gasteiger partial charge in [0.25, 0.3) is 0 Å². The molecule has 41 heavy (non-hydrogen) atoms. The molecule has 6 aromatic rings. The number of furan rings is 1. The van der Waals surface area contributed by atoms with Crippen LogP contribution in [0.2, 0.25) is 0 Å². The number of benzene rings is 5. The van der Waals surface area contributed by atoms with Gasteiger partial charge < -0.3 is 4.42 Å². The Hall–Kier alpha value is -5.68. The molecular formula is C36H30N4O. The molecule has 0 aliphatic carbocycles. The minimum atomic E-state index is 0.724. The van der Waals surface area contributed by atoms with Gasteiger partial charge in [0.05, 0.1) is 41.4 Å². The van der Waals surface area contributed by atoms with Gasteiger partial charge in [-0.05, 0) is 66.2 Å². The van der Waals surface area contributed by atoms with E-state index in [0.29, 0.717) is 0 Å². The van der Waals surface area contributed by atoms with Crippen LogP contribution in [0.25, 0.3) is 0 Å². The molecule has 0 saturated heterocycles. The van der Waals surface area contributed by atoms with Crippen molar-refractivity contribution in [1.29, 1.82) is 0 Å². The van der Waals surface area contributed by atoms with E-state index in [4.69, 9.17) is 4.42 Å². The van der Waals surface area contributed by atoms with Crippen LogP contribution in [0, 0.1) is 0 Å². The molecule has 0 fully saturated rings. The summed E-state index contributed by atoms with van der Waals surface area (Å²) in [5.41, 5.74) is 5.16. The van der Waals surface area contributed by atoms with Gasteiger partial charge in [-0.15, -0.1) is 0 Å². The van der Waals surface area contributed by atoms with Crippen LogP contribution in [0.1, 0.15) is 11.3 Å². The predicted octanol–water partition coefficient (Wildman–Crippen LogP) is 9.31. The second-order valence-electron chi connectivity index (χ2n) is 8.88. The van der Waals surface area contributed by atoms with E-state index in [9.17, 15) is 0 Å². The molecular weight excluding hydrogens is 504 g/mol. The van der Waals surface area contributed by atoms with E-state index in [1.807, 2.05) is 156 Å². The summed E-state index contributed by atoms with van der Waals surface area (Å²) in [4.78, 5) is 0. The normalized spacial score (nSPS) is 10.7. The van der Waals surface area contributed by atoms with E-state index in [1.165, 1.54) is 0 Å². The number of nitrogens with zero attached hydrogens (tertiary/aromatic N) is 4. The van der Waals surface area contributed by atoms with E-state index in [2.05, 4.69) is 34.5 Å². The Kier molecular flexibility index (Phi) is 9.49. The molecule has 0 atom stereocenters. The first kappa shape index (κ1) is 26.9. The van der Waals surface area contributed by atoms with Crippen molar-refractivity contribution in [3.8, 4) is 0 Å². The highest BCUT2D eigenvalue weighted by Crippen LogP contribution is 2.26. The Labute approximate surface area is 240 Å². The SMILES string of the molecule is C(=NN(c1ccccc1)c1ccccc1)c1ccccc1.C(=NN(c1ccccc1)c1ccccc1)c1ccco1. The second kappa shape index (κ2) is 14.5. The summed E-state index contributed by atoms with van der Waals surface area (Å²) in [5.74, 6) is 0.724. The third-order valence-corrected chi connectivity index (χ3v) is 5.97. The Balaban J connectivity index is 0.000000165. The van der Waals surface area contributed by atoms with E-state index in [1.54, 1.807) is 12.5 Å². The fraction of sp³-hybridized carbons (Fsp3) is 0. The van der Waals surface area contributed by atoms with Crippen LogP contribution in [0.4, 0.5) is 22.7 Å². The maximum atomic E-state index is 5.28. The first-order valence-electron chi connectivity index (χ1n) is 13.3. The molecule has 0 spiro atoms. The minimum absolute atomic E-state index is 0.724. The average Bonchev–Trinajstić information content (AvgIpc) is 3.58. The van der Waals surface area contributed by atoms with Crippen molar-refractivity contribution >= 4 is 35.2 Å². The van der Waals surface area contributed by atoms with Crippen LogP contribution in [0.3, 0.4) is 0 Å². The zero-order chi connectivity index (χ0) is 28.0. The van der Waals surface area contributed by atoms with Crippen molar-refractivity contribution in [2.24, 2.45) is 10.2 Å². The van der Waals surface area contributed by atoms with Gasteiger partial charge >= 0.3 is 0 Å². The summed E-state index contributed by atoms with van der Waals surface area (Å²) in [6.07, 6.45) is 5.22. The van der Waals surface area contributed by atoms with Crippen molar-refractivity contribution in [3.05, 3.63) is 181 Å². The molecule has 5 heteroatoms. The second-order valence-corrected chi connectivity index (χ2v) is 8.88. The Bertz CT molecular complexity index is 1530. The predicted molar refractivity (Wildman–Crippen MR) is 170 cm³/mol.